The van der Waals surface area contributed by atoms with Gasteiger partial charge in [0.25, 0.3) is 10.2 Å². The van der Waals surface area contributed by atoms with E-state index in [1.807, 2.05) is 0 Å². The van der Waals surface area contributed by atoms with Gasteiger partial charge >= 0.3 is 0 Å². The molecular weight excluding hydrogens is 180 g/mol. The van der Waals surface area contributed by atoms with Crippen LogP contribution in [0, 0.1) is 0 Å². The third-order valence-electron chi connectivity index (χ3n) is 0.623. The predicted molar refractivity (Wildman–Crippen MR) is 35.7 cm³/mol. The molecule has 10 heavy (non-hydrogen) atoms. The lowest BCUT2D eigenvalue weighted by Gasteiger charge is -1.98. The Balaban J connectivity index is 4.49. The molecule has 0 aliphatic carbocycles. The average molecular weight is 188 g/mol. The van der Waals surface area contributed by atoms with Crippen molar-refractivity contribution in [3.05, 3.63) is 0 Å². The molecule has 6 nitrogen and oxygen atoms in total. The van der Waals surface area contributed by atoms with Gasteiger partial charge in [-0.2, -0.15) is 8.42 Å². The zero-order chi connectivity index (χ0) is 8.41. The van der Waals surface area contributed by atoms with Crippen molar-refractivity contribution in [3.63, 3.8) is 0 Å². The molecule has 0 saturated carbocycles. The van der Waals surface area contributed by atoms with E-state index < -0.39 is 20.2 Å². The molecule has 0 unspecified atom stereocenters. The monoisotopic (exact) mass is 188 g/mol. The highest BCUT2D eigenvalue weighted by atomic mass is 32.3. The van der Waals surface area contributed by atoms with Crippen molar-refractivity contribution in [2.24, 2.45) is 5.14 Å². The second-order valence-electron chi connectivity index (χ2n) is 1.53. The van der Waals surface area contributed by atoms with E-state index in [9.17, 15) is 16.8 Å². The Hall–Kier alpha value is -0.180. The highest BCUT2D eigenvalue weighted by Gasteiger charge is 2.13. The molecular formula is C2H8N2O4S2. The fourth-order valence-corrected chi connectivity index (χ4v) is 2.12. The lowest BCUT2D eigenvalue weighted by Crippen LogP contribution is -2.36. The lowest BCUT2D eigenvalue weighted by atomic mass is 11.0. The van der Waals surface area contributed by atoms with Crippen molar-refractivity contribution in [2.45, 2.75) is 6.92 Å². The largest absolute Gasteiger partial charge is 0.287 e. The summed E-state index contributed by atoms with van der Waals surface area (Å²) >= 11 is 0. The molecule has 0 aromatic heterocycles. The summed E-state index contributed by atoms with van der Waals surface area (Å²) in [6.45, 7) is 1.30. The summed E-state index contributed by atoms with van der Waals surface area (Å²) in [6.07, 6.45) is 0. The Labute approximate surface area is 59.7 Å². The van der Waals surface area contributed by atoms with Crippen LogP contribution in [0.25, 0.3) is 0 Å². The molecule has 0 saturated heterocycles. The zero-order valence-electron chi connectivity index (χ0n) is 5.23. The van der Waals surface area contributed by atoms with Crippen LogP contribution in [-0.2, 0) is 20.2 Å². The Morgan fingerprint density at radius 1 is 1.30 bits per heavy atom. The van der Waals surface area contributed by atoms with E-state index >= 15 is 0 Å². The van der Waals surface area contributed by atoms with Gasteiger partial charge in [0.2, 0.25) is 10.0 Å². The van der Waals surface area contributed by atoms with Gasteiger partial charge in [0, 0.05) is 0 Å². The van der Waals surface area contributed by atoms with Gasteiger partial charge in [-0.05, 0) is 6.92 Å². The fourth-order valence-electron chi connectivity index (χ4n) is 0.236. The summed E-state index contributed by atoms with van der Waals surface area (Å²) < 4.78 is 42.3. The predicted octanol–water partition coefficient (Wildman–Crippen LogP) is -1.87. The van der Waals surface area contributed by atoms with Crippen LogP contribution in [0.2, 0.25) is 0 Å². The van der Waals surface area contributed by atoms with Crippen LogP contribution in [0.15, 0.2) is 0 Å². The van der Waals surface area contributed by atoms with Crippen molar-refractivity contribution in [1.29, 1.82) is 0 Å². The maximum atomic E-state index is 10.4. The maximum absolute atomic E-state index is 10.4. The van der Waals surface area contributed by atoms with Crippen LogP contribution in [0.3, 0.4) is 0 Å². The van der Waals surface area contributed by atoms with Crippen LogP contribution in [0.4, 0.5) is 0 Å². The SMILES string of the molecule is CCS(=O)(=O)NS(N)(=O)=O. The van der Waals surface area contributed by atoms with Crippen LogP contribution < -0.4 is 9.27 Å². The molecule has 0 aromatic carbocycles. The van der Waals surface area contributed by atoms with Crippen molar-refractivity contribution >= 4 is 20.2 Å². The minimum absolute atomic E-state index is 0.316. The van der Waals surface area contributed by atoms with Crippen molar-refractivity contribution in [3.8, 4) is 0 Å². The van der Waals surface area contributed by atoms with E-state index in [4.69, 9.17) is 0 Å². The second-order valence-corrected chi connectivity index (χ2v) is 5.10. The molecule has 0 fully saturated rings. The molecule has 0 rings (SSSR count). The normalized spacial score (nSPS) is 13.4. The summed E-state index contributed by atoms with van der Waals surface area (Å²) in [5, 5.41) is 4.38. The molecule has 0 atom stereocenters. The fraction of sp³-hybridized carbons (Fsp3) is 1.00. The first-order chi connectivity index (χ1) is 4.27. The van der Waals surface area contributed by atoms with Gasteiger partial charge in [0.05, 0.1) is 5.75 Å². The molecule has 0 radical (unpaired) electrons. The van der Waals surface area contributed by atoms with E-state index in [2.05, 4.69) is 5.14 Å². The van der Waals surface area contributed by atoms with Gasteiger partial charge in [-0.3, -0.25) is 0 Å². The molecule has 0 heterocycles. The summed E-state index contributed by atoms with van der Waals surface area (Å²) in [5.41, 5.74) is 0. The molecule has 3 N–H and O–H groups in total. The van der Waals surface area contributed by atoms with E-state index in [0.717, 1.165) is 0 Å². The summed E-state index contributed by atoms with van der Waals surface area (Å²) in [7, 11) is -7.87. The number of sulfonamides is 1. The Morgan fingerprint density at radius 2 is 1.70 bits per heavy atom. The zero-order valence-corrected chi connectivity index (χ0v) is 6.87. The van der Waals surface area contributed by atoms with Crippen molar-refractivity contribution in [2.75, 3.05) is 5.75 Å². The van der Waals surface area contributed by atoms with E-state index in [-0.39, 0.29) is 5.75 Å². The minimum atomic E-state index is -4.13. The van der Waals surface area contributed by atoms with E-state index in [1.165, 1.54) is 11.1 Å². The quantitative estimate of drug-likeness (QED) is 0.541. The van der Waals surface area contributed by atoms with Crippen molar-refractivity contribution < 1.29 is 16.8 Å². The summed E-state index contributed by atoms with van der Waals surface area (Å²) in [5.74, 6) is -0.316. The first-order valence-corrected chi connectivity index (χ1v) is 5.50. The van der Waals surface area contributed by atoms with Crippen LogP contribution >= 0.6 is 0 Å². The first-order valence-electron chi connectivity index (χ1n) is 2.31. The molecule has 0 aliphatic heterocycles. The van der Waals surface area contributed by atoms with E-state index in [0.29, 0.717) is 0 Å². The van der Waals surface area contributed by atoms with Crippen LogP contribution in [0.1, 0.15) is 6.92 Å². The van der Waals surface area contributed by atoms with Crippen LogP contribution in [-0.4, -0.2) is 22.6 Å². The van der Waals surface area contributed by atoms with Gasteiger partial charge in [-0.1, -0.05) is 4.13 Å². The lowest BCUT2D eigenvalue weighted by molar-refractivity contribution is 0.578. The smallest absolute Gasteiger partial charge is 0.215 e. The molecule has 0 aliphatic rings. The van der Waals surface area contributed by atoms with Gasteiger partial charge < -0.3 is 0 Å². The van der Waals surface area contributed by atoms with E-state index in [1.54, 1.807) is 0 Å². The third kappa shape index (κ3) is 4.68. The maximum Gasteiger partial charge on any atom is 0.287 e. The Morgan fingerprint density at radius 3 is 1.80 bits per heavy atom. The summed E-state index contributed by atoms with van der Waals surface area (Å²) in [4.78, 5) is 0. The summed E-state index contributed by atoms with van der Waals surface area (Å²) in [6, 6.07) is 0. The molecule has 0 spiro atoms. The van der Waals surface area contributed by atoms with Gasteiger partial charge in [0.1, 0.15) is 0 Å². The number of hydrogen-bond donors (Lipinski definition) is 2. The van der Waals surface area contributed by atoms with Gasteiger partial charge in [-0.25, -0.2) is 13.6 Å². The number of hydrogen-bond acceptors (Lipinski definition) is 4. The van der Waals surface area contributed by atoms with Gasteiger partial charge in [-0.15, -0.1) is 0 Å². The van der Waals surface area contributed by atoms with Crippen molar-refractivity contribution in [1.82, 2.24) is 4.13 Å². The first kappa shape index (κ1) is 9.82. The number of nitrogens with one attached hydrogen (secondary N) is 1. The molecule has 0 aromatic rings. The number of nitrogens with two attached hydrogens (primary N) is 1. The second kappa shape index (κ2) is 2.82. The standard InChI is InChI=1S/C2H8N2O4S2/c1-2-9(5,6)4-10(3,7)8/h4H,2H2,1H3,(H2,3,7,8). The Bertz CT molecular complexity index is 287. The Kier molecular flexibility index (Phi) is 2.77. The molecule has 8 heteroatoms. The highest BCUT2D eigenvalue weighted by Crippen LogP contribution is 1.82. The molecule has 62 valence electrons. The average Bonchev–Trinajstić information content (AvgIpc) is 1.60. The number of rotatable bonds is 3. The molecule has 0 bridgehead atoms. The minimum Gasteiger partial charge on any atom is -0.215 e. The topological polar surface area (TPSA) is 106 Å². The highest BCUT2D eigenvalue weighted by molar-refractivity contribution is 8.03. The molecule has 0 amide bonds. The third-order valence-corrected chi connectivity index (χ3v) is 3.33. The van der Waals surface area contributed by atoms with Crippen LogP contribution in [0.5, 0.6) is 0 Å². The van der Waals surface area contributed by atoms with Gasteiger partial charge in [0.15, 0.2) is 0 Å².